The highest BCUT2D eigenvalue weighted by Crippen LogP contribution is 2.14. The Balaban J connectivity index is 1.54. The number of hydrogen-bond acceptors (Lipinski definition) is 3. The van der Waals surface area contributed by atoms with E-state index in [1.165, 1.54) is 18.2 Å². The minimum atomic E-state index is -3.60. The molecule has 0 unspecified atom stereocenters. The molecule has 5 nitrogen and oxygen atoms in total. The fraction of sp³-hybridized carbons (Fsp3) is 0.0870. The van der Waals surface area contributed by atoms with Crippen molar-refractivity contribution in [3.05, 3.63) is 102 Å². The van der Waals surface area contributed by atoms with Crippen LogP contribution in [0.4, 0.5) is 5.69 Å². The molecule has 1 amide bonds. The molecule has 0 heterocycles. The summed E-state index contributed by atoms with van der Waals surface area (Å²) >= 11 is 0. The van der Waals surface area contributed by atoms with Gasteiger partial charge >= 0.3 is 0 Å². The van der Waals surface area contributed by atoms with Gasteiger partial charge < -0.3 is 5.32 Å². The van der Waals surface area contributed by atoms with E-state index >= 15 is 0 Å². The molecule has 3 aromatic rings. The first kappa shape index (κ1) is 20.5. The second kappa shape index (κ2) is 9.82. The molecular formula is C23H22N2O3S. The van der Waals surface area contributed by atoms with Gasteiger partial charge in [-0.15, -0.1) is 0 Å². The van der Waals surface area contributed by atoms with Gasteiger partial charge in [0.15, 0.2) is 0 Å². The average Bonchev–Trinajstić information content (AvgIpc) is 2.74. The van der Waals surface area contributed by atoms with Crippen molar-refractivity contribution in [2.24, 2.45) is 0 Å². The van der Waals surface area contributed by atoms with Crippen LogP contribution in [-0.4, -0.2) is 20.9 Å². The molecule has 3 aromatic carbocycles. The van der Waals surface area contributed by atoms with Gasteiger partial charge in [-0.25, -0.2) is 13.1 Å². The van der Waals surface area contributed by atoms with Gasteiger partial charge in [0.25, 0.3) is 0 Å². The SMILES string of the molecule is O=C(C=Cc1ccccc1)Nc1ccc(S(=O)(=O)NCCc2ccccc2)cc1. The van der Waals surface area contributed by atoms with E-state index in [0.29, 0.717) is 18.7 Å². The van der Waals surface area contributed by atoms with Crippen LogP contribution >= 0.6 is 0 Å². The lowest BCUT2D eigenvalue weighted by Crippen LogP contribution is -2.26. The summed E-state index contributed by atoms with van der Waals surface area (Å²) in [4.78, 5) is 12.2. The van der Waals surface area contributed by atoms with Crippen LogP contribution in [0.25, 0.3) is 6.08 Å². The lowest BCUT2D eigenvalue weighted by molar-refractivity contribution is -0.111. The molecule has 0 bridgehead atoms. The molecule has 6 heteroatoms. The van der Waals surface area contributed by atoms with Crippen LogP contribution in [0.1, 0.15) is 11.1 Å². The summed E-state index contributed by atoms with van der Waals surface area (Å²) in [5.41, 5.74) is 2.51. The van der Waals surface area contributed by atoms with E-state index in [1.807, 2.05) is 60.7 Å². The number of benzene rings is 3. The van der Waals surface area contributed by atoms with Crippen LogP contribution in [0, 0.1) is 0 Å². The molecular weight excluding hydrogens is 384 g/mol. The number of rotatable bonds is 8. The number of nitrogens with one attached hydrogen (secondary N) is 2. The summed E-state index contributed by atoms with van der Waals surface area (Å²) in [6.45, 7) is 0.315. The maximum atomic E-state index is 12.4. The van der Waals surface area contributed by atoms with Crippen LogP contribution < -0.4 is 10.0 Å². The van der Waals surface area contributed by atoms with Gasteiger partial charge in [0, 0.05) is 18.3 Å². The summed E-state index contributed by atoms with van der Waals surface area (Å²) in [6, 6.07) is 25.3. The minimum Gasteiger partial charge on any atom is -0.323 e. The van der Waals surface area contributed by atoms with Gasteiger partial charge in [-0.2, -0.15) is 0 Å². The van der Waals surface area contributed by atoms with Crippen molar-refractivity contribution < 1.29 is 13.2 Å². The summed E-state index contributed by atoms with van der Waals surface area (Å²) in [7, 11) is -3.60. The Morgan fingerprint density at radius 3 is 2.10 bits per heavy atom. The number of carbonyl (C=O) groups is 1. The van der Waals surface area contributed by atoms with Crippen LogP contribution in [0.2, 0.25) is 0 Å². The molecule has 3 rings (SSSR count). The van der Waals surface area contributed by atoms with E-state index in [1.54, 1.807) is 18.2 Å². The van der Waals surface area contributed by atoms with Crippen molar-refractivity contribution >= 4 is 27.7 Å². The van der Waals surface area contributed by atoms with E-state index in [0.717, 1.165) is 11.1 Å². The Labute approximate surface area is 171 Å². The summed E-state index contributed by atoms with van der Waals surface area (Å²) < 4.78 is 27.4. The van der Waals surface area contributed by atoms with Gasteiger partial charge in [0.1, 0.15) is 0 Å². The van der Waals surface area contributed by atoms with Crippen molar-refractivity contribution in [1.29, 1.82) is 0 Å². The molecule has 0 saturated heterocycles. The van der Waals surface area contributed by atoms with E-state index in [2.05, 4.69) is 10.0 Å². The highest BCUT2D eigenvalue weighted by Gasteiger charge is 2.13. The second-order valence-electron chi connectivity index (χ2n) is 6.39. The van der Waals surface area contributed by atoms with Crippen LogP contribution in [0.15, 0.2) is 95.9 Å². The Hall–Kier alpha value is -3.22. The quantitative estimate of drug-likeness (QED) is 0.558. The van der Waals surface area contributed by atoms with E-state index < -0.39 is 10.0 Å². The molecule has 29 heavy (non-hydrogen) atoms. The van der Waals surface area contributed by atoms with Gasteiger partial charge in [0.05, 0.1) is 4.90 Å². The Kier molecular flexibility index (Phi) is 6.94. The van der Waals surface area contributed by atoms with Crippen LogP contribution in [0.3, 0.4) is 0 Å². The lowest BCUT2D eigenvalue weighted by Gasteiger charge is -2.08. The van der Waals surface area contributed by atoms with Gasteiger partial charge in [-0.3, -0.25) is 4.79 Å². The van der Waals surface area contributed by atoms with Crippen molar-refractivity contribution in [2.75, 3.05) is 11.9 Å². The molecule has 0 fully saturated rings. The highest BCUT2D eigenvalue weighted by atomic mass is 32.2. The summed E-state index contributed by atoms with van der Waals surface area (Å²) in [6.07, 6.45) is 3.76. The zero-order valence-electron chi connectivity index (χ0n) is 15.8. The fourth-order valence-corrected chi connectivity index (χ4v) is 3.73. The summed E-state index contributed by atoms with van der Waals surface area (Å²) in [5.74, 6) is -0.287. The van der Waals surface area contributed by atoms with Crippen molar-refractivity contribution in [3.8, 4) is 0 Å². The molecule has 0 aromatic heterocycles. The third-order valence-corrected chi connectivity index (χ3v) is 5.68. The first-order valence-corrected chi connectivity index (χ1v) is 10.7. The van der Waals surface area contributed by atoms with Gasteiger partial charge in [0.2, 0.25) is 15.9 Å². The highest BCUT2D eigenvalue weighted by molar-refractivity contribution is 7.89. The molecule has 0 aliphatic rings. The third kappa shape index (κ3) is 6.41. The number of hydrogen-bond donors (Lipinski definition) is 2. The molecule has 0 saturated carbocycles. The zero-order chi connectivity index (χ0) is 20.5. The number of carbonyl (C=O) groups excluding carboxylic acids is 1. The monoisotopic (exact) mass is 406 g/mol. The lowest BCUT2D eigenvalue weighted by atomic mass is 10.2. The Morgan fingerprint density at radius 1 is 0.828 bits per heavy atom. The first-order chi connectivity index (χ1) is 14.0. The van der Waals surface area contributed by atoms with Crippen LogP contribution in [-0.2, 0) is 21.2 Å². The molecule has 0 aliphatic carbocycles. The Bertz CT molecular complexity index is 1060. The van der Waals surface area contributed by atoms with Gasteiger partial charge in [-0.05, 0) is 47.9 Å². The van der Waals surface area contributed by atoms with E-state index in [4.69, 9.17) is 0 Å². The smallest absolute Gasteiger partial charge is 0.248 e. The Morgan fingerprint density at radius 2 is 1.45 bits per heavy atom. The molecule has 0 spiro atoms. The van der Waals surface area contributed by atoms with Crippen molar-refractivity contribution in [1.82, 2.24) is 4.72 Å². The number of amides is 1. The first-order valence-electron chi connectivity index (χ1n) is 9.21. The normalized spacial score (nSPS) is 11.4. The topological polar surface area (TPSA) is 75.3 Å². The predicted molar refractivity (Wildman–Crippen MR) is 116 cm³/mol. The molecule has 148 valence electrons. The number of anilines is 1. The van der Waals surface area contributed by atoms with Crippen molar-refractivity contribution in [2.45, 2.75) is 11.3 Å². The largest absolute Gasteiger partial charge is 0.323 e. The minimum absolute atomic E-state index is 0.156. The fourth-order valence-electron chi connectivity index (χ4n) is 2.70. The second-order valence-corrected chi connectivity index (χ2v) is 8.16. The average molecular weight is 407 g/mol. The van der Waals surface area contributed by atoms with Crippen molar-refractivity contribution in [3.63, 3.8) is 0 Å². The number of sulfonamides is 1. The van der Waals surface area contributed by atoms with Gasteiger partial charge in [-0.1, -0.05) is 60.7 Å². The molecule has 0 aliphatic heterocycles. The third-order valence-electron chi connectivity index (χ3n) is 4.21. The molecule has 0 radical (unpaired) electrons. The van der Waals surface area contributed by atoms with E-state index in [9.17, 15) is 13.2 Å². The maximum Gasteiger partial charge on any atom is 0.248 e. The zero-order valence-corrected chi connectivity index (χ0v) is 16.6. The predicted octanol–water partition coefficient (Wildman–Crippen LogP) is 3.86. The molecule has 0 atom stereocenters. The maximum absolute atomic E-state index is 12.4. The summed E-state index contributed by atoms with van der Waals surface area (Å²) in [5, 5.41) is 2.71. The standard InChI is InChI=1S/C23H22N2O3S/c26-23(16-11-19-7-3-1-4-8-19)25-21-12-14-22(15-13-21)29(27,28)24-18-17-20-9-5-2-6-10-20/h1-16,24H,17-18H2,(H,25,26). The van der Waals surface area contributed by atoms with E-state index in [-0.39, 0.29) is 10.8 Å². The van der Waals surface area contributed by atoms with Crippen LogP contribution in [0.5, 0.6) is 0 Å². The molecule has 2 N–H and O–H groups in total.